The quantitative estimate of drug-likeness (QED) is 0.752. The molecular formula is C21H21FN2O2. The summed E-state index contributed by atoms with van der Waals surface area (Å²) in [6.45, 7) is 0.439. The van der Waals surface area contributed by atoms with Crippen LogP contribution in [0.4, 0.5) is 4.39 Å². The van der Waals surface area contributed by atoms with Crippen molar-refractivity contribution < 1.29 is 13.9 Å². The molecule has 134 valence electrons. The van der Waals surface area contributed by atoms with Crippen molar-refractivity contribution in [2.45, 2.75) is 25.8 Å². The van der Waals surface area contributed by atoms with Crippen LogP contribution in [0, 0.1) is 11.7 Å². The first kappa shape index (κ1) is 16.6. The number of nitrogens with one attached hydrogen (secondary N) is 2. The molecule has 4 rings (SSSR count). The number of aromatic amines is 1. The summed E-state index contributed by atoms with van der Waals surface area (Å²) in [7, 11) is 1.62. The summed E-state index contributed by atoms with van der Waals surface area (Å²) < 4.78 is 18.9. The van der Waals surface area contributed by atoms with Crippen LogP contribution in [0.15, 0.2) is 42.5 Å². The van der Waals surface area contributed by atoms with Crippen molar-refractivity contribution in [3.8, 4) is 5.75 Å². The van der Waals surface area contributed by atoms with Crippen molar-refractivity contribution in [1.82, 2.24) is 10.3 Å². The predicted octanol–water partition coefficient (Wildman–Crippen LogP) is 3.74. The van der Waals surface area contributed by atoms with Crippen molar-refractivity contribution in [3.05, 3.63) is 65.1 Å². The van der Waals surface area contributed by atoms with E-state index in [2.05, 4.69) is 10.3 Å². The van der Waals surface area contributed by atoms with Gasteiger partial charge in [0.2, 0.25) is 5.91 Å². The average Bonchev–Trinajstić information content (AvgIpc) is 3.03. The van der Waals surface area contributed by atoms with E-state index in [1.54, 1.807) is 19.2 Å². The number of rotatable bonds is 4. The van der Waals surface area contributed by atoms with Crippen LogP contribution in [0.2, 0.25) is 0 Å². The molecule has 1 unspecified atom stereocenters. The van der Waals surface area contributed by atoms with Crippen molar-refractivity contribution in [1.29, 1.82) is 0 Å². The Morgan fingerprint density at radius 2 is 2.15 bits per heavy atom. The van der Waals surface area contributed by atoms with Crippen LogP contribution in [-0.2, 0) is 24.2 Å². The number of hydrogen-bond donors (Lipinski definition) is 2. The Morgan fingerprint density at radius 1 is 1.31 bits per heavy atom. The normalized spacial score (nSPS) is 16.3. The van der Waals surface area contributed by atoms with Gasteiger partial charge in [0.25, 0.3) is 0 Å². The standard InChI is InChI=1S/C21H21FN2O2/c1-26-20-5-3-2-4-14(20)12-23-21(25)13-6-8-18-16(10-13)17-11-15(22)7-9-19(17)24-18/h2-5,7,9,11,13,24H,6,8,10,12H2,1H3,(H,23,25). The molecule has 1 aromatic heterocycles. The number of hydrogen-bond acceptors (Lipinski definition) is 2. The molecule has 1 aliphatic carbocycles. The molecule has 0 spiro atoms. The molecule has 1 amide bonds. The van der Waals surface area contributed by atoms with E-state index in [-0.39, 0.29) is 17.6 Å². The smallest absolute Gasteiger partial charge is 0.223 e. The first-order valence-electron chi connectivity index (χ1n) is 8.84. The molecule has 0 radical (unpaired) electrons. The van der Waals surface area contributed by atoms with Crippen LogP contribution in [0.1, 0.15) is 23.2 Å². The zero-order chi connectivity index (χ0) is 18.1. The van der Waals surface area contributed by atoms with Gasteiger partial charge in [-0.05, 0) is 49.1 Å². The number of aromatic nitrogens is 1. The van der Waals surface area contributed by atoms with Crippen LogP contribution in [0.5, 0.6) is 5.75 Å². The number of amides is 1. The minimum absolute atomic E-state index is 0.0345. The van der Waals surface area contributed by atoms with Gasteiger partial charge in [0.1, 0.15) is 11.6 Å². The van der Waals surface area contributed by atoms with Gasteiger partial charge >= 0.3 is 0 Å². The van der Waals surface area contributed by atoms with Gasteiger partial charge < -0.3 is 15.0 Å². The summed E-state index contributed by atoms with van der Waals surface area (Å²) in [6, 6.07) is 12.4. The SMILES string of the molecule is COc1ccccc1CNC(=O)C1CCc2[nH]c3ccc(F)cc3c2C1. The largest absolute Gasteiger partial charge is 0.496 e. The van der Waals surface area contributed by atoms with Gasteiger partial charge in [0, 0.05) is 34.6 Å². The van der Waals surface area contributed by atoms with Crippen molar-refractivity contribution in [2.24, 2.45) is 5.92 Å². The fourth-order valence-corrected chi connectivity index (χ4v) is 3.79. The first-order valence-corrected chi connectivity index (χ1v) is 8.84. The van der Waals surface area contributed by atoms with E-state index in [1.165, 1.54) is 6.07 Å². The number of carbonyl (C=O) groups excluding carboxylic acids is 1. The number of ether oxygens (including phenoxy) is 1. The summed E-state index contributed by atoms with van der Waals surface area (Å²) in [5, 5.41) is 3.91. The molecule has 0 saturated carbocycles. The number of methoxy groups -OCH3 is 1. The van der Waals surface area contributed by atoms with Crippen LogP contribution in [-0.4, -0.2) is 18.0 Å². The summed E-state index contributed by atoms with van der Waals surface area (Å²) in [4.78, 5) is 16.0. The second-order valence-corrected chi connectivity index (χ2v) is 6.74. The minimum Gasteiger partial charge on any atom is -0.496 e. The highest BCUT2D eigenvalue weighted by Gasteiger charge is 2.27. The van der Waals surface area contributed by atoms with Gasteiger partial charge in [0.15, 0.2) is 0 Å². The first-order chi connectivity index (χ1) is 12.7. The molecule has 4 nitrogen and oxygen atoms in total. The number of carbonyl (C=O) groups is 1. The lowest BCUT2D eigenvalue weighted by molar-refractivity contribution is -0.125. The van der Waals surface area contributed by atoms with Crippen molar-refractivity contribution in [2.75, 3.05) is 7.11 Å². The zero-order valence-corrected chi connectivity index (χ0v) is 14.6. The van der Waals surface area contributed by atoms with E-state index < -0.39 is 0 Å². The molecule has 2 aromatic carbocycles. The monoisotopic (exact) mass is 352 g/mol. The molecule has 0 saturated heterocycles. The Bertz CT molecular complexity index is 964. The van der Waals surface area contributed by atoms with E-state index >= 15 is 0 Å². The second-order valence-electron chi connectivity index (χ2n) is 6.74. The summed E-state index contributed by atoms with van der Waals surface area (Å²) in [5.74, 6) is 0.458. The van der Waals surface area contributed by atoms with Gasteiger partial charge in [0.05, 0.1) is 7.11 Å². The van der Waals surface area contributed by atoms with E-state index in [9.17, 15) is 9.18 Å². The summed E-state index contributed by atoms with van der Waals surface area (Å²) >= 11 is 0. The Morgan fingerprint density at radius 3 is 3.00 bits per heavy atom. The number of aryl methyl sites for hydroxylation is 1. The fraction of sp³-hybridized carbons (Fsp3) is 0.286. The van der Waals surface area contributed by atoms with Gasteiger partial charge in [-0.2, -0.15) is 0 Å². The molecule has 1 heterocycles. The molecule has 26 heavy (non-hydrogen) atoms. The average molecular weight is 352 g/mol. The highest BCUT2D eigenvalue weighted by molar-refractivity contribution is 5.87. The highest BCUT2D eigenvalue weighted by atomic mass is 19.1. The lowest BCUT2D eigenvalue weighted by Gasteiger charge is -2.22. The lowest BCUT2D eigenvalue weighted by Crippen LogP contribution is -2.33. The molecule has 2 N–H and O–H groups in total. The van der Waals surface area contributed by atoms with E-state index in [1.807, 2.05) is 24.3 Å². The highest BCUT2D eigenvalue weighted by Crippen LogP contribution is 2.32. The molecular weight excluding hydrogens is 331 g/mol. The number of benzene rings is 2. The molecule has 1 atom stereocenters. The molecule has 0 bridgehead atoms. The van der Waals surface area contributed by atoms with Crippen LogP contribution >= 0.6 is 0 Å². The number of fused-ring (bicyclic) bond motifs is 3. The van der Waals surface area contributed by atoms with Gasteiger partial charge in [-0.1, -0.05) is 18.2 Å². The third kappa shape index (κ3) is 3.05. The maximum absolute atomic E-state index is 13.6. The van der Waals surface area contributed by atoms with Crippen molar-refractivity contribution in [3.63, 3.8) is 0 Å². The van der Waals surface area contributed by atoms with Crippen LogP contribution < -0.4 is 10.1 Å². The molecule has 3 aromatic rings. The van der Waals surface area contributed by atoms with Crippen LogP contribution in [0.25, 0.3) is 10.9 Å². The maximum Gasteiger partial charge on any atom is 0.223 e. The number of para-hydroxylation sites is 1. The molecule has 5 heteroatoms. The number of H-pyrrole nitrogens is 1. The molecule has 0 fully saturated rings. The van der Waals surface area contributed by atoms with Crippen LogP contribution in [0.3, 0.4) is 0 Å². The van der Waals surface area contributed by atoms with Gasteiger partial charge in [-0.3, -0.25) is 4.79 Å². The van der Waals surface area contributed by atoms with E-state index in [0.29, 0.717) is 13.0 Å². The predicted molar refractivity (Wildman–Crippen MR) is 98.6 cm³/mol. The Balaban J connectivity index is 1.49. The van der Waals surface area contributed by atoms with E-state index in [4.69, 9.17) is 4.74 Å². The Kier molecular flexibility index (Phi) is 4.37. The van der Waals surface area contributed by atoms with Gasteiger partial charge in [-0.25, -0.2) is 4.39 Å². The second kappa shape index (κ2) is 6.83. The maximum atomic E-state index is 13.6. The molecule has 0 aliphatic heterocycles. The topological polar surface area (TPSA) is 54.1 Å². The Labute approximate surface area is 151 Å². The lowest BCUT2D eigenvalue weighted by atomic mass is 9.85. The minimum atomic E-state index is -0.248. The number of halogens is 1. The third-order valence-corrected chi connectivity index (χ3v) is 5.17. The zero-order valence-electron chi connectivity index (χ0n) is 14.6. The Hall–Kier alpha value is -2.82. The van der Waals surface area contributed by atoms with Crippen molar-refractivity contribution >= 4 is 16.8 Å². The third-order valence-electron chi connectivity index (χ3n) is 5.17. The fourth-order valence-electron chi connectivity index (χ4n) is 3.79. The summed E-state index contributed by atoms with van der Waals surface area (Å²) in [6.07, 6.45) is 2.23. The van der Waals surface area contributed by atoms with Gasteiger partial charge in [-0.15, -0.1) is 0 Å². The summed E-state index contributed by atoms with van der Waals surface area (Å²) in [5.41, 5.74) is 4.09. The molecule has 1 aliphatic rings. The van der Waals surface area contributed by atoms with E-state index in [0.717, 1.165) is 46.3 Å².